The van der Waals surface area contributed by atoms with Crippen LogP contribution < -0.4 is 10.1 Å². The minimum atomic E-state index is -3.06. The molecule has 1 heterocycles. The van der Waals surface area contributed by atoms with E-state index in [1.807, 2.05) is 29.2 Å². The van der Waals surface area contributed by atoms with Gasteiger partial charge in [-0.15, -0.1) is 24.0 Å². The van der Waals surface area contributed by atoms with E-state index in [-0.39, 0.29) is 29.7 Å². The molecule has 154 valence electrons. The Labute approximate surface area is 179 Å². The van der Waals surface area contributed by atoms with E-state index in [0.717, 1.165) is 11.3 Å². The average Bonchev–Trinajstić information content (AvgIpc) is 2.60. The Morgan fingerprint density at radius 1 is 1.26 bits per heavy atom. The molecule has 1 aromatic carbocycles. The fourth-order valence-electron chi connectivity index (χ4n) is 2.78. The molecule has 1 aliphatic rings. The third-order valence-electron chi connectivity index (χ3n) is 4.48. The molecule has 0 spiro atoms. The molecule has 0 atom stereocenters. The molecular formula is C18H30IN3O4S. The second-order valence-electron chi connectivity index (χ2n) is 6.89. The lowest BCUT2D eigenvalue weighted by molar-refractivity contribution is 0.146. The minimum Gasteiger partial charge on any atom is -0.491 e. The Bertz CT molecular complexity index is 721. The molecule has 0 unspecified atom stereocenters. The first-order valence-corrected chi connectivity index (χ1v) is 10.3. The highest BCUT2D eigenvalue weighted by Gasteiger charge is 2.40. The van der Waals surface area contributed by atoms with Crippen molar-refractivity contribution in [2.24, 2.45) is 4.99 Å². The van der Waals surface area contributed by atoms with Gasteiger partial charge in [-0.1, -0.05) is 12.1 Å². The fraction of sp³-hybridized carbons (Fsp3) is 0.611. The molecular weight excluding hydrogens is 481 g/mol. The number of nitrogens with one attached hydrogen (secondary N) is 1. The number of hydrogen-bond acceptors (Lipinski definition) is 5. The largest absolute Gasteiger partial charge is 0.491 e. The molecule has 1 aromatic rings. The number of ether oxygens (including phenoxy) is 2. The van der Waals surface area contributed by atoms with Gasteiger partial charge in [0.2, 0.25) is 0 Å². The van der Waals surface area contributed by atoms with Crippen molar-refractivity contribution in [3.63, 3.8) is 0 Å². The van der Waals surface area contributed by atoms with Gasteiger partial charge in [-0.25, -0.2) is 8.42 Å². The summed E-state index contributed by atoms with van der Waals surface area (Å²) in [5.74, 6) is 1.67. The first-order valence-electron chi connectivity index (χ1n) is 8.67. The zero-order valence-electron chi connectivity index (χ0n) is 16.4. The smallest absolute Gasteiger partial charge is 0.193 e. The summed E-state index contributed by atoms with van der Waals surface area (Å²) in [4.78, 5) is 6.31. The van der Waals surface area contributed by atoms with Crippen LogP contribution in [-0.4, -0.2) is 70.2 Å². The van der Waals surface area contributed by atoms with Gasteiger partial charge < -0.3 is 19.7 Å². The lowest BCUT2D eigenvalue weighted by Crippen LogP contribution is -2.57. The van der Waals surface area contributed by atoms with Crippen LogP contribution in [0.15, 0.2) is 29.3 Å². The molecule has 27 heavy (non-hydrogen) atoms. The van der Waals surface area contributed by atoms with Gasteiger partial charge in [0, 0.05) is 33.8 Å². The summed E-state index contributed by atoms with van der Waals surface area (Å²) in [7, 11) is 0.292. The molecule has 0 saturated carbocycles. The Hall–Kier alpha value is -1.07. The Kier molecular flexibility index (Phi) is 9.29. The predicted molar refractivity (Wildman–Crippen MR) is 119 cm³/mol. The van der Waals surface area contributed by atoms with Crippen molar-refractivity contribution in [2.45, 2.75) is 25.1 Å². The van der Waals surface area contributed by atoms with Crippen LogP contribution >= 0.6 is 24.0 Å². The van der Waals surface area contributed by atoms with E-state index in [1.54, 1.807) is 28.0 Å². The van der Waals surface area contributed by atoms with Gasteiger partial charge in [0.15, 0.2) is 15.8 Å². The van der Waals surface area contributed by atoms with E-state index < -0.39 is 14.6 Å². The van der Waals surface area contributed by atoms with Crippen LogP contribution in [0.3, 0.4) is 0 Å². The van der Waals surface area contributed by atoms with Crippen molar-refractivity contribution in [3.05, 3.63) is 29.8 Å². The zero-order chi connectivity index (χ0) is 19.2. The third kappa shape index (κ3) is 6.49. The molecule has 2 rings (SSSR count). The molecule has 1 saturated heterocycles. The maximum Gasteiger partial charge on any atom is 0.193 e. The number of hydrogen-bond donors (Lipinski definition) is 1. The third-order valence-corrected chi connectivity index (χ3v) is 7.02. The SMILES string of the molecule is CN=C(NCc1ccc(OCCOC)cc1)N1CCS(=O)(=O)C(C)(C)C1.I. The number of rotatable bonds is 6. The molecule has 7 nitrogen and oxygen atoms in total. The summed E-state index contributed by atoms with van der Waals surface area (Å²) in [5.41, 5.74) is 1.09. The van der Waals surface area contributed by atoms with E-state index in [4.69, 9.17) is 9.47 Å². The maximum atomic E-state index is 12.2. The van der Waals surface area contributed by atoms with Gasteiger partial charge in [-0.2, -0.15) is 0 Å². The van der Waals surface area contributed by atoms with E-state index in [1.165, 1.54) is 0 Å². The zero-order valence-corrected chi connectivity index (χ0v) is 19.5. The van der Waals surface area contributed by atoms with Gasteiger partial charge in [0.1, 0.15) is 12.4 Å². The highest BCUT2D eigenvalue weighted by atomic mass is 127. The summed E-state index contributed by atoms with van der Waals surface area (Å²) in [6.45, 7) is 6.11. The highest BCUT2D eigenvalue weighted by molar-refractivity contribution is 14.0. The van der Waals surface area contributed by atoms with Crippen LogP contribution in [0.4, 0.5) is 0 Å². The molecule has 0 bridgehead atoms. The Balaban J connectivity index is 0.00000364. The van der Waals surface area contributed by atoms with E-state index in [0.29, 0.717) is 38.8 Å². The second-order valence-corrected chi connectivity index (χ2v) is 9.63. The number of sulfone groups is 1. The van der Waals surface area contributed by atoms with Gasteiger partial charge in [-0.3, -0.25) is 4.99 Å². The van der Waals surface area contributed by atoms with E-state index in [9.17, 15) is 8.42 Å². The van der Waals surface area contributed by atoms with Crippen molar-refractivity contribution in [1.82, 2.24) is 10.2 Å². The first kappa shape index (κ1) is 24.0. The maximum absolute atomic E-state index is 12.2. The van der Waals surface area contributed by atoms with E-state index in [2.05, 4.69) is 10.3 Å². The van der Waals surface area contributed by atoms with Crippen LogP contribution in [0, 0.1) is 0 Å². The quantitative estimate of drug-likeness (QED) is 0.272. The first-order chi connectivity index (χ1) is 12.3. The van der Waals surface area contributed by atoms with Gasteiger partial charge >= 0.3 is 0 Å². The van der Waals surface area contributed by atoms with Crippen molar-refractivity contribution >= 4 is 39.8 Å². The van der Waals surface area contributed by atoms with Gasteiger partial charge in [0.25, 0.3) is 0 Å². The molecule has 0 aromatic heterocycles. The van der Waals surface area contributed by atoms with Crippen molar-refractivity contribution in [3.8, 4) is 5.75 Å². The minimum absolute atomic E-state index is 0. The van der Waals surface area contributed by atoms with Crippen molar-refractivity contribution in [2.75, 3.05) is 46.2 Å². The molecule has 9 heteroatoms. The standard InChI is InChI=1S/C18H29N3O4S.HI/c1-18(2)14-21(9-12-26(18,22)23)17(19-3)20-13-15-5-7-16(8-6-15)25-11-10-24-4;/h5-8H,9-14H2,1-4H3,(H,19,20);1H. The summed E-state index contributed by atoms with van der Waals surface area (Å²) in [6.07, 6.45) is 0. The van der Waals surface area contributed by atoms with Crippen LogP contribution in [0.2, 0.25) is 0 Å². The fourth-order valence-corrected chi connectivity index (χ4v) is 4.15. The van der Waals surface area contributed by atoms with Gasteiger partial charge in [0.05, 0.1) is 17.1 Å². The molecule has 1 fully saturated rings. The number of guanidine groups is 1. The topological polar surface area (TPSA) is 80.2 Å². The van der Waals surface area contributed by atoms with Gasteiger partial charge in [-0.05, 0) is 31.5 Å². The number of aliphatic imine (C=N–C) groups is 1. The van der Waals surface area contributed by atoms with Crippen LogP contribution in [-0.2, 0) is 21.1 Å². The number of methoxy groups -OCH3 is 1. The lowest BCUT2D eigenvalue weighted by atomic mass is 10.2. The molecule has 0 aliphatic carbocycles. The van der Waals surface area contributed by atoms with Crippen LogP contribution in [0.25, 0.3) is 0 Å². The summed E-state index contributed by atoms with van der Waals surface area (Å²) in [6, 6.07) is 7.83. The molecule has 0 radical (unpaired) electrons. The second kappa shape index (κ2) is 10.5. The monoisotopic (exact) mass is 511 g/mol. The lowest BCUT2D eigenvalue weighted by Gasteiger charge is -2.39. The number of benzene rings is 1. The summed E-state index contributed by atoms with van der Waals surface area (Å²) < 4.78 is 34.1. The van der Waals surface area contributed by atoms with E-state index >= 15 is 0 Å². The van der Waals surface area contributed by atoms with Crippen molar-refractivity contribution in [1.29, 1.82) is 0 Å². The highest BCUT2D eigenvalue weighted by Crippen LogP contribution is 2.23. The predicted octanol–water partition coefficient (Wildman–Crippen LogP) is 1.91. The molecule has 0 amide bonds. The number of nitrogens with zero attached hydrogens (tertiary/aromatic N) is 2. The molecule has 1 N–H and O–H groups in total. The Morgan fingerprint density at radius 3 is 2.48 bits per heavy atom. The van der Waals surface area contributed by atoms with Crippen LogP contribution in [0.1, 0.15) is 19.4 Å². The summed E-state index contributed by atoms with van der Waals surface area (Å²) >= 11 is 0. The van der Waals surface area contributed by atoms with Crippen molar-refractivity contribution < 1.29 is 17.9 Å². The van der Waals surface area contributed by atoms with Crippen LogP contribution in [0.5, 0.6) is 5.75 Å². The Morgan fingerprint density at radius 2 is 1.93 bits per heavy atom. The molecule has 1 aliphatic heterocycles. The number of halogens is 1. The normalized spacial score (nSPS) is 18.5. The average molecular weight is 511 g/mol. The summed E-state index contributed by atoms with van der Waals surface area (Å²) in [5, 5.41) is 3.31.